The van der Waals surface area contributed by atoms with Crippen LogP contribution in [-0.2, 0) is 6.42 Å². The molecule has 3 nitrogen and oxygen atoms in total. The molecule has 4 heteroatoms. The summed E-state index contributed by atoms with van der Waals surface area (Å²) >= 11 is 1.98. The molecule has 4 heterocycles. The number of hydrogen-bond acceptors (Lipinski definition) is 4. The Morgan fingerprint density at radius 3 is 3.12 bits per heavy atom. The van der Waals surface area contributed by atoms with E-state index >= 15 is 0 Å². The van der Waals surface area contributed by atoms with Gasteiger partial charge in [0.15, 0.2) is 0 Å². The van der Waals surface area contributed by atoms with Crippen molar-refractivity contribution in [3.63, 3.8) is 0 Å². The lowest BCUT2D eigenvalue weighted by molar-refractivity contribution is 0.226. The molecule has 3 aliphatic heterocycles. The van der Waals surface area contributed by atoms with Gasteiger partial charge in [-0.3, -0.25) is 4.90 Å². The fraction of sp³-hybridized carbons (Fsp3) is 0.769. The van der Waals surface area contributed by atoms with Gasteiger partial charge in [-0.2, -0.15) is 0 Å². The Labute approximate surface area is 106 Å². The average molecular weight is 249 g/mol. The maximum Gasteiger partial charge on any atom is 0.110 e. The molecule has 3 unspecified atom stereocenters. The number of aromatic nitrogens is 1. The highest BCUT2D eigenvalue weighted by Crippen LogP contribution is 2.46. The summed E-state index contributed by atoms with van der Waals surface area (Å²) in [7, 11) is 2.29. The average Bonchev–Trinajstić information content (AvgIpc) is 3.00. The van der Waals surface area contributed by atoms with E-state index in [1.807, 2.05) is 11.3 Å². The van der Waals surface area contributed by atoms with Crippen LogP contribution in [0.1, 0.15) is 53.3 Å². The minimum Gasteiger partial charge on any atom is -0.308 e. The van der Waals surface area contributed by atoms with Crippen LogP contribution in [0.2, 0.25) is 0 Å². The Hall–Kier alpha value is -0.450. The lowest BCUT2D eigenvalue weighted by atomic mass is 10.1. The van der Waals surface area contributed by atoms with Gasteiger partial charge in [0.25, 0.3) is 0 Å². The van der Waals surface area contributed by atoms with Crippen molar-refractivity contribution in [1.82, 2.24) is 15.2 Å². The number of rotatable bonds is 1. The van der Waals surface area contributed by atoms with E-state index in [2.05, 4.69) is 17.3 Å². The molecule has 3 atom stereocenters. The fourth-order valence-corrected chi connectivity index (χ4v) is 5.02. The highest BCUT2D eigenvalue weighted by Gasteiger charge is 2.40. The molecule has 4 rings (SSSR count). The molecule has 1 N–H and O–H groups in total. The largest absolute Gasteiger partial charge is 0.308 e. The summed E-state index contributed by atoms with van der Waals surface area (Å²) in [4.78, 5) is 9.09. The van der Waals surface area contributed by atoms with Crippen molar-refractivity contribution < 1.29 is 0 Å². The number of fused-ring (bicyclic) bond motifs is 4. The highest BCUT2D eigenvalue weighted by atomic mass is 32.1. The van der Waals surface area contributed by atoms with Crippen LogP contribution in [0.3, 0.4) is 0 Å². The van der Waals surface area contributed by atoms with Gasteiger partial charge in [-0.15, -0.1) is 11.3 Å². The maximum absolute atomic E-state index is 4.94. The summed E-state index contributed by atoms with van der Waals surface area (Å²) in [5.74, 6) is 0. The zero-order valence-electron chi connectivity index (χ0n) is 10.3. The first-order valence-corrected chi connectivity index (χ1v) is 7.59. The first-order valence-electron chi connectivity index (χ1n) is 6.78. The first kappa shape index (κ1) is 10.5. The number of nitrogens with one attached hydrogen (secondary N) is 1. The second kappa shape index (κ2) is 3.77. The van der Waals surface area contributed by atoms with Gasteiger partial charge in [-0.05, 0) is 39.3 Å². The van der Waals surface area contributed by atoms with Crippen molar-refractivity contribution in [2.45, 2.75) is 50.2 Å². The Morgan fingerprint density at radius 2 is 2.29 bits per heavy atom. The van der Waals surface area contributed by atoms with Crippen LogP contribution in [0.15, 0.2) is 0 Å². The van der Waals surface area contributed by atoms with Crippen molar-refractivity contribution in [1.29, 1.82) is 0 Å². The van der Waals surface area contributed by atoms with Crippen LogP contribution in [0, 0.1) is 0 Å². The summed E-state index contributed by atoms with van der Waals surface area (Å²) in [6.45, 7) is 1.17. The van der Waals surface area contributed by atoms with Gasteiger partial charge < -0.3 is 5.32 Å². The molecular formula is C13H19N3S. The predicted molar refractivity (Wildman–Crippen MR) is 69.3 cm³/mol. The minimum atomic E-state index is 0.550. The van der Waals surface area contributed by atoms with Gasteiger partial charge in [-0.1, -0.05) is 0 Å². The van der Waals surface area contributed by atoms with Crippen LogP contribution in [0.5, 0.6) is 0 Å². The van der Waals surface area contributed by atoms with Gasteiger partial charge >= 0.3 is 0 Å². The van der Waals surface area contributed by atoms with Gasteiger partial charge in [0.1, 0.15) is 5.01 Å². The van der Waals surface area contributed by atoms with Crippen molar-refractivity contribution in [2.75, 3.05) is 13.6 Å². The molecule has 1 aromatic rings. The third-order valence-electron chi connectivity index (χ3n) is 4.68. The van der Waals surface area contributed by atoms with Crippen LogP contribution >= 0.6 is 11.3 Å². The Morgan fingerprint density at radius 1 is 1.35 bits per heavy atom. The summed E-state index contributed by atoms with van der Waals surface area (Å²) in [6, 6.07) is 1.99. The Kier molecular flexibility index (Phi) is 2.32. The van der Waals surface area contributed by atoms with E-state index in [-0.39, 0.29) is 0 Å². The van der Waals surface area contributed by atoms with E-state index < -0.39 is 0 Å². The summed E-state index contributed by atoms with van der Waals surface area (Å²) < 4.78 is 0. The molecule has 0 radical (unpaired) electrons. The zero-order chi connectivity index (χ0) is 11.4. The molecule has 0 aromatic carbocycles. The number of thiazole rings is 1. The Balaban J connectivity index is 1.70. The van der Waals surface area contributed by atoms with E-state index in [4.69, 9.17) is 4.98 Å². The quantitative estimate of drug-likeness (QED) is 0.827. The molecule has 0 aliphatic carbocycles. The standard InChI is InChI=1S/C13H19N3S/c1-16-8-4-5-11(16)12-10(7-8)15-13(17-12)9-3-2-6-14-9/h8-9,11,14H,2-7H2,1H3. The molecule has 2 fully saturated rings. The zero-order valence-corrected chi connectivity index (χ0v) is 11.1. The second-order valence-electron chi connectivity index (χ2n) is 5.63. The van der Waals surface area contributed by atoms with Crippen molar-refractivity contribution in [3.05, 3.63) is 15.6 Å². The fourth-order valence-electron chi connectivity index (χ4n) is 3.63. The molecule has 2 saturated heterocycles. The molecule has 2 bridgehead atoms. The van der Waals surface area contributed by atoms with Gasteiger partial charge in [-0.25, -0.2) is 4.98 Å². The summed E-state index contributed by atoms with van der Waals surface area (Å²) in [6.07, 6.45) is 6.47. The predicted octanol–water partition coefficient (Wildman–Crippen LogP) is 2.26. The van der Waals surface area contributed by atoms with E-state index in [1.165, 1.54) is 49.4 Å². The topological polar surface area (TPSA) is 28.2 Å². The molecule has 1 aromatic heterocycles. The third kappa shape index (κ3) is 1.51. The Bertz CT molecular complexity index is 436. The van der Waals surface area contributed by atoms with E-state index in [9.17, 15) is 0 Å². The SMILES string of the molecule is CN1C2CCC1c1sc(C3CCCN3)nc1C2. The highest BCUT2D eigenvalue weighted by molar-refractivity contribution is 7.12. The second-order valence-corrected chi connectivity index (χ2v) is 6.69. The summed E-state index contributed by atoms with van der Waals surface area (Å²) in [5, 5.41) is 4.93. The van der Waals surface area contributed by atoms with Crippen molar-refractivity contribution in [3.8, 4) is 0 Å². The lowest BCUT2D eigenvalue weighted by Crippen LogP contribution is -2.33. The third-order valence-corrected chi connectivity index (χ3v) is 5.99. The van der Waals surface area contributed by atoms with E-state index in [1.54, 1.807) is 4.88 Å². The first-order chi connectivity index (χ1) is 8.33. The van der Waals surface area contributed by atoms with Crippen molar-refractivity contribution in [2.24, 2.45) is 0 Å². The number of nitrogens with zero attached hydrogens (tertiary/aromatic N) is 2. The molecule has 0 saturated carbocycles. The van der Waals surface area contributed by atoms with Crippen molar-refractivity contribution >= 4 is 11.3 Å². The number of hydrogen-bond donors (Lipinski definition) is 1. The molecule has 0 amide bonds. The van der Waals surface area contributed by atoms with Crippen LogP contribution in [-0.4, -0.2) is 29.5 Å². The maximum atomic E-state index is 4.94. The monoisotopic (exact) mass is 249 g/mol. The molecule has 0 spiro atoms. The van der Waals surface area contributed by atoms with E-state index in [0.717, 1.165) is 6.04 Å². The smallest absolute Gasteiger partial charge is 0.110 e. The van der Waals surface area contributed by atoms with Crippen LogP contribution in [0.4, 0.5) is 0 Å². The van der Waals surface area contributed by atoms with Crippen LogP contribution < -0.4 is 5.32 Å². The number of likely N-dealkylation sites (N-methyl/N-ethyl adjacent to an activating group) is 1. The minimum absolute atomic E-state index is 0.550. The van der Waals surface area contributed by atoms with Gasteiger partial charge in [0.05, 0.1) is 11.7 Å². The molecule has 3 aliphatic rings. The van der Waals surface area contributed by atoms with E-state index in [0.29, 0.717) is 12.1 Å². The van der Waals surface area contributed by atoms with Gasteiger partial charge in [0, 0.05) is 23.4 Å². The lowest BCUT2D eigenvalue weighted by Gasteiger charge is -2.29. The van der Waals surface area contributed by atoms with Gasteiger partial charge in [0.2, 0.25) is 0 Å². The van der Waals surface area contributed by atoms with Crippen LogP contribution in [0.25, 0.3) is 0 Å². The molecular weight excluding hydrogens is 230 g/mol. The summed E-state index contributed by atoms with van der Waals surface area (Å²) in [5.41, 5.74) is 1.42. The normalized spacial score (nSPS) is 36.4. The molecule has 92 valence electrons. The molecule has 17 heavy (non-hydrogen) atoms.